The van der Waals surface area contributed by atoms with Gasteiger partial charge < -0.3 is 10.2 Å². The van der Waals surface area contributed by atoms with Crippen LogP contribution < -0.4 is 5.32 Å². The molecular formula is C14H23Br2N3. The minimum atomic E-state index is 0.431. The molecule has 3 nitrogen and oxygen atoms in total. The summed E-state index contributed by atoms with van der Waals surface area (Å²) in [6, 6.07) is 2.44. The van der Waals surface area contributed by atoms with Crippen molar-refractivity contribution in [1.29, 1.82) is 0 Å². The van der Waals surface area contributed by atoms with Gasteiger partial charge in [-0.25, -0.2) is 4.98 Å². The predicted octanol–water partition coefficient (Wildman–Crippen LogP) is 4.53. The zero-order valence-electron chi connectivity index (χ0n) is 11.9. The molecule has 0 aliphatic rings. The van der Waals surface area contributed by atoms with E-state index in [1.807, 2.05) is 12.3 Å². The van der Waals surface area contributed by atoms with E-state index in [1.54, 1.807) is 0 Å². The lowest BCUT2D eigenvalue weighted by molar-refractivity contribution is 0.295. The number of hydrogen-bond donors (Lipinski definition) is 1. The van der Waals surface area contributed by atoms with Crippen molar-refractivity contribution in [2.75, 3.05) is 25.0 Å². The maximum absolute atomic E-state index is 4.38. The Kier molecular flexibility index (Phi) is 7.95. The maximum Gasteiger partial charge on any atom is 0.140 e. The van der Waals surface area contributed by atoms with Crippen LogP contribution in [-0.4, -0.2) is 35.6 Å². The third kappa shape index (κ3) is 6.23. The standard InChI is InChI=1S/C14H23Br2N3/c1-4-19(5-2)8-6-7-11(3)18-14-13(16)9-12(15)10-17-14/h9-11H,4-8H2,1-3H3,(H,17,18). The highest BCUT2D eigenvalue weighted by molar-refractivity contribution is 9.11. The van der Waals surface area contributed by atoms with Crippen molar-refractivity contribution < 1.29 is 0 Å². The Bertz CT molecular complexity index is 381. The summed E-state index contributed by atoms with van der Waals surface area (Å²) in [5.41, 5.74) is 0. The smallest absolute Gasteiger partial charge is 0.140 e. The molecule has 0 fully saturated rings. The van der Waals surface area contributed by atoms with Crippen LogP contribution >= 0.6 is 31.9 Å². The van der Waals surface area contributed by atoms with Crippen molar-refractivity contribution >= 4 is 37.7 Å². The molecule has 1 aromatic rings. The Morgan fingerprint density at radius 3 is 2.58 bits per heavy atom. The summed E-state index contributed by atoms with van der Waals surface area (Å²) < 4.78 is 1.98. The van der Waals surface area contributed by atoms with E-state index in [4.69, 9.17) is 0 Å². The third-order valence-corrected chi connectivity index (χ3v) is 4.23. The molecule has 0 aliphatic heterocycles. The van der Waals surface area contributed by atoms with Gasteiger partial charge in [0.2, 0.25) is 0 Å². The zero-order chi connectivity index (χ0) is 14.3. The molecule has 0 saturated carbocycles. The quantitative estimate of drug-likeness (QED) is 0.704. The summed E-state index contributed by atoms with van der Waals surface area (Å²) in [4.78, 5) is 6.84. The molecule has 108 valence electrons. The van der Waals surface area contributed by atoms with Crippen LogP contribution in [0.15, 0.2) is 21.2 Å². The molecule has 0 aromatic carbocycles. The van der Waals surface area contributed by atoms with Gasteiger partial charge in [0.15, 0.2) is 0 Å². The molecule has 1 aromatic heterocycles. The molecule has 1 N–H and O–H groups in total. The number of aromatic nitrogens is 1. The van der Waals surface area contributed by atoms with Gasteiger partial charge in [0.25, 0.3) is 0 Å². The number of anilines is 1. The monoisotopic (exact) mass is 391 g/mol. The van der Waals surface area contributed by atoms with Crippen molar-refractivity contribution in [3.63, 3.8) is 0 Å². The number of rotatable bonds is 8. The van der Waals surface area contributed by atoms with Crippen molar-refractivity contribution in [2.24, 2.45) is 0 Å². The van der Waals surface area contributed by atoms with Crippen molar-refractivity contribution in [2.45, 2.75) is 39.7 Å². The summed E-state index contributed by atoms with van der Waals surface area (Å²) in [5.74, 6) is 0.915. The van der Waals surface area contributed by atoms with E-state index in [0.29, 0.717) is 6.04 Å². The molecule has 19 heavy (non-hydrogen) atoms. The van der Waals surface area contributed by atoms with E-state index in [-0.39, 0.29) is 0 Å². The van der Waals surface area contributed by atoms with E-state index < -0.39 is 0 Å². The van der Waals surface area contributed by atoms with Crippen LogP contribution in [0.25, 0.3) is 0 Å². The van der Waals surface area contributed by atoms with Gasteiger partial charge in [-0.1, -0.05) is 13.8 Å². The Morgan fingerprint density at radius 1 is 1.32 bits per heavy atom. The van der Waals surface area contributed by atoms with Gasteiger partial charge in [-0.15, -0.1) is 0 Å². The Hall–Kier alpha value is -0.130. The second kappa shape index (κ2) is 8.93. The lowest BCUT2D eigenvalue weighted by atomic mass is 10.1. The second-order valence-corrected chi connectivity index (χ2v) is 6.47. The predicted molar refractivity (Wildman–Crippen MR) is 89.7 cm³/mol. The molecule has 1 rings (SSSR count). The lowest BCUT2D eigenvalue weighted by Gasteiger charge is -2.20. The fraction of sp³-hybridized carbons (Fsp3) is 0.643. The number of nitrogens with zero attached hydrogens (tertiary/aromatic N) is 2. The Morgan fingerprint density at radius 2 is 2.00 bits per heavy atom. The third-order valence-electron chi connectivity index (χ3n) is 3.20. The Balaban J connectivity index is 2.36. The van der Waals surface area contributed by atoms with Crippen molar-refractivity contribution in [3.8, 4) is 0 Å². The minimum absolute atomic E-state index is 0.431. The summed E-state index contributed by atoms with van der Waals surface area (Å²) >= 11 is 6.94. The van der Waals surface area contributed by atoms with Crippen LogP contribution in [0, 0.1) is 0 Å². The summed E-state index contributed by atoms with van der Waals surface area (Å²) in [6.45, 7) is 10.1. The fourth-order valence-electron chi connectivity index (χ4n) is 1.99. The van der Waals surface area contributed by atoms with Crippen LogP contribution in [0.2, 0.25) is 0 Å². The zero-order valence-corrected chi connectivity index (χ0v) is 15.1. The highest BCUT2D eigenvalue weighted by Gasteiger charge is 2.07. The first-order chi connectivity index (χ1) is 9.06. The molecule has 0 spiro atoms. The molecule has 0 aliphatic carbocycles. The van der Waals surface area contributed by atoms with E-state index >= 15 is 0 Å². The highest BCUT2D eigenvalue weighted by Crippen LogP contribution is 2.24. The van der Waals surface area contributed by atoms with E-state index in [2.05, 4.69) is 67.8 Å². The number of hydrogen-bond acceptors (Lipinski definition) is 3. The maximum atomic E-state index is 4.38. The van der Waals surface area contributed by atoms with Gasteiger partial charge in [-0.3, -0.25) is 0 Å². The van der Waals surface area contributed by atoms with Crippen LogP contribution in [0.3, 0.4) is 0 Å². The van der Waals surface area contributed by atoms with Crippen molar-refractivity contribution in [1.82, 2.24) is 9.88 Å². The van der Waals surface area contributed by atoms with Crippen LogP contribution in [0.5, 0.6) is 0 Å². The molecule has 1 atom stereocenters. The van der Waals surface area contributed by atoms with Crippen LogP contribution in [0.4, 0.5) is 5.82 Å². The van der Waals surface area contributed by atoms with Gasteiger partial charge in [0.05, 0.1) is 4.47 Å². The molecular weight excluding hydrogens is 370 g/mol. The summed E-state index contributed by atoms with van der Waals surface area (Å²) in [5, 5.41) is 3.45. The van der Waals surface area contributed by atoms with Gasteiger partial charge in [-0.2, -0.15) is 0 Å². The van der Waals surface area contributed by atoms with Crippen LogP contribution in [-0.2, 0) is 0 Å². The molecule has 0 saturated heterocycles. The van der Waals surface area contributed by atoms with Gasteiger partial charge in [0.1, 0.15) is 5.82 Å². The average Bonchev–Trinajstić information content (AvgIpc) is 2.38. The number of nitrogens with one attached hydrogen (secondary N) is 1. The van der Waals surface area contributed by atoms with Crippen molar-refractivity contribution in [3.05, 3.63) is 21.2 Å². The second-order valence-electron chi connectivity index (χ2n) is 4.70. The van der Waals surface area contributed by atoms with Gasteiger partial charge in [-0.05, 0) is 77.3 Å². The number of halogens is 2. The first-order valence-corrected chi connectivity index (χ1v) is 8.45. The van der Waals surface area contributed by atoms with Crippen LogP contribution in [0.1, 0.15) is 33.6 Å². The topological polar surface area (TPSA) is 28.2 Å². The lowest BCUT2D eigenvalue weighted by Crippen LogP contribution is -2.25. The van der Waals surface area contributed by atoms with Gasteiger partial charge >= 0.3 is 0 Å². The summed E-state index contributed by atoms with van der Waals surface area (Å²) in [6.07, 6.45) is 4.18. The first kappa shape index (κ1) is 16.9. The molecule has 0 radical (unpaired) electrons. The van der Waals surface area contributed by atoms with E-state index in [0.717, 1.165) is 34.3 Å². The van der Waals surface area contributed by atoms with E-state index in [1.165, 1.54) is 13.0 Å². The molecule has 1 heterocycles. The molecule has 5 heteroatoms. The fourth-order valence-corrected chi connectivity index (χ4v) is 3.09. The highest BCUT2D eigenvalue weighted by atomic mass is 79.9. The molecule has 1 unspecified atom stereocenters. The normalized spacial score (nSPS) is 12.7. The molecule has 0 bridgehead atoms. The average molecular weight is 393 g/mol. The van der Waals surface area contributed by atoms with Gasteiger partial charge in [0, 0.05) is 16.7 Å². The van der Waals surface area contributed by atoms with E-state index in [9.17, 15) is 0 Å². The SMILES string of the molecule is CCN(CC)CCCC(C)Nc1ncc(Br)cc1Br. The number of pyridine rings is 1. The molecule has 0 amide bonds. The summed E-state index contributed by atoms with van der Waals surface area (Å²) in [7, 11) is 0. The first-order valence-electron chi connectivity index (χ1n) is 6.86. The largest absolute Gasteiger partial charge is 0.367 e. The Labute approximate surface area is 133 Å². The minimum Gasteiger partial charge on any atom is -0.367 e.